The molecule has 4 N–H and O–H groups in total. The number of nitrogens with one attached hydrogen (secondary N) is 2. The molecule has 14 heavy (non-hydrogen) atoms. The van der Waals surface area contributed by atoms with Crippen molar-refractivity contribution >= 4 is 5.69 Å². The van der Waals surface area contributed by atoms with Gasteiger partial charge in [-0.2, -0.15) is 5.10 Å². The van der Waals surface area contributed by atoms with Crippen LogP contribution in [0.15, 0.2) is 29.1 Å². The Morgan fingerprint density at radius 2 is 2.29 bits per heavy atom. The zero-order valence-corrected chi connectivity index (χ0v) is 7.45. The number of aromatic amines is 2. The van der Waals surface area contributed by atoms with Crippen LogP contribution in [0, 0.1) is 0 Å². The van der Waals surface area contributed by atoms with E-state index in [0.29, 0.717) is 17.9 Å². The first-order chi connectivity index (χ1) is 6.74. The van der Waals surface area contributed by atoms with Gasteiger partial charge in [0.25, 0.3) is 0 Å². The van der Waals surface area contributed by atoms with Gasteiger partial charge in [0.1, 0.15) is 5.82 Å². The van der Waals surface area contributed by atoms with Gasteiger partial charge < -0.3 is 5.73 Å². The van der Waals surface area contributed by atoms with Crippen molar-refractivity contribution in [2.24, 2.45) is 0 Å². The van der Waals surface area contributed by atoms with E-state index in [2.05, 4.69) is 15.2 Å². The van der Waals surface area contributed by atoms with Crippen LogP contribution in [0.2, 0.25) is 0 Å². The van der Waals surface area contributed by atoms with E-state index in [1.54, 1.807) is 0 Å². The van der Waals surface area contributed by atoms with Gasteiger partial charge in [-0.3, -0.25) is 4.98 Å². The van der Waals surface area contributed by atoms with Gasteiger partial charge in [-0.25, -0.2) is 9.89 Å². The van der Waals surface area contributed by atoms with Gasteiger partial charge in [-0.15, -0.1) is 0 Å². The van der Waals surface area contributed by atoms with Crippen molar-refractivity contribution in [3.05, 3.63) is 46.1 Å². The van der Waals surface area contributed by atoms with E-state index in [-0.39, 0.29) is 5.69 Å². The van der Waals surface area contributed by atoms with Crippen LogP contribution in [0.25, 0.3) is 0 Å². The number of anilines is 1. The highest BCUT2D eigenvalue weighted by atomic mass is 16.1. The summed E-state index contributed by atoms with van der Waals surface area (Å²) in [6.45, 7) is 0. The van der Waals surface area contributed by atoms with E-state index in [4.69, 9.17) is 5.73 Å². The maximum absolute atomic E-state index is 10.7. The van der Waals surface area contributed by atoms with Crippen molar-refractivity contribution in [2.45, 2.75) is 6.42 Å². The summed E-state index contributed by atoms with van der Waals surface area (Å²) in [5.74, 6) is 0.612. The lowest BCUT2D eigenvalue weighted by molar-refractivity contribution is 0.970. The molecule has 0 fully saturated rings. The number of nitrogens with zero attached hydrogens (tertiary/aromatic N) is 1. The van der Waals surface area contributed by atoms with Crippen molar-refractivity contribution in [3.8, 4) is 0 Å². The van der Waals surface area contributed by atoms with E-state index in [9.17, 15) is 4.79 Å². The minimum absolute atomic E-state index is 0.288. The summed E-state index contributed by atoms with van der Waals surface area (Å²) in [5, 5.41) is 6.12. The normalized spacial score (nSPS) is 10.3. The van der Waals surface area contributed by atoms with Crippen molar-refractivity contribution in [2.75, 3.05) is 5.73 Å². The fourth-order valence-corrected chi connectivity index (χ4v) is 1.29. The lowest BCUT2D eigenvalue weighted by atomic mass is 10.1. The zero-order valence-electron chi connectivity index (χ0n) is 7.45. The third-order valence-electron chi connectivity index (χ3n) is 1.87. The third kappa shape index (κ3) is 1.82. The first-order valence-corrected chi connectivity index (χ1v) is 4.22. The minimum Gasteiger partial charge on any atom is -0.399 e. The van der Waals surface area contributed by atoms with Crippen LogP contribution < -0.4 is 11.4 Å². The molecule has 0 aliphatic rings. The molecule has 72 valence electrons. The lowest BCUT2D eigenvalue weighted by Gasteiger charge is -1.98. The quantitative estimate of drug-likeness (QED) is 0.594. The highest BCUT2D eigenvalue weighted by Gasteiger charge is 2.00. The van der Waals surface area contributed by atoms with Crippen LogP contribution in [-0.2, 0) is 6.42 Å². The molecule has 0 aliphatic heterocycles. The highest BCUT2D eigenvalue weighted by Crippen LogP contribution is 2.08. The van der Waals surface area contributed by atoms with Crippen LogP contribution in [0.3, 0.4) is 0 Å². The summed E-state index contributed by atoms with van der Waals surface area (Å²) in [5.41, 5.74) is 7.06. The van der Waals surface area contributed by atoms with Gasteiger partial charge in [0.2, 0.25) is 0 Å². The Morgan fingerprint density at radius 1 is 1.43 bits per heavy atom. The fraction of sp³-hybridized carbons (Fsp3) is 0.111. The molecule has 0 saturated carbocycles. The predicted molar refractivity (Wildman–Crippen MR) is 52.9 cm³/mol. The molecule has 1 aromatic heterocycles. The lowest BCUT2D eigenvalue weighted by Crippen LogP contribution is -2.01. The van der Waals surface area contributed by atoms with E-state index in [1.165, 1.54) is 0 Å². The number of hydrogen-bond donors (Lipinski definition) is 3. The molecule has 5 heteroatoms. The molecule has 0 saturated heterocycles. The molecular weight excluding hydrogens is 180 g/mol. The molecule has 0 aliphatic carbocycles. The Morgan fingerprint density at radius 3 is 2.93 bits per heavy atom. The molecule has 5 nitrogen and oxygen atoms in total. The number of hydrogen-bond acceptors (Lipinski definition) is 3. The molecule has 1 heterocycles. The van der Waals surface area contributed by atoms with Gasteiger partial charge in [0.15, 0.2) is 0 Å². The molecule has 2 rings (SSSR count). The van der Waals surface area contributed by atoms with E-state index < -0.39 is 0 Å². The van der Waals surface area contributed by atoms with Gasteiger partial charge in [-0.05, 0) is 17.7 Å². The van der Waals surface area contributed by atoms with Crippen LogP contribution in [-0.4, -0.2) is 15.2 Å². The topological polar surface area (TPSA) is 87.6 Å². The van der Waals surface area contributed by atoms with E-state index >= 15 is 0 Å². The average Bonchev–Trinajstić information content (AvgIpc) is 2.51. The SMILES string of the molecule is Nc1cccc(Cc2n[nH]c(=O)[nH]2)c1. The second-order valence-electron chi connectivity index (χ2n) is 3.05. The largest absolute Gasteiger partial charge is 0.399 e. The molecule has 0 unspecified atom stereocenters. The van der Waals surface area contributed by atoms with Crippen LogP contribution >= 0.6 is 0 Å². The molecule has 0 bridgehead atoms. The summed E-state index contributed by atoms with van der Waals surface area (Å²) >= 11 is 0. The summed E-state index contributed by atoms with van der Waals surface area (Å²) in [6, 6.07) is 7.47. The second kappa shape index (κ2) is 3.37. The van der Waals surface area contributed by atoms with Crippen LogP contribution in [0.5, 0.6) is 0 Å². The van der Waals surface area contributed by atoms with E-state index in [1.807, 2.05) is 24.3 Å². The molecule has 0 amide bonds. The maximum Gasteiger partial charge on any atom is 0.340 e. The van der Waals surface area contributed by atoms with Crippen molar-refractivity contribution in [3.63, 3.8) is 0 Å². The Balaban J connectivity index is 2.22. The number of aromatic nitrogens is 3. The van der Waals surface area contributed by atoms with Crippen molar-refractivity contribution in [1.29, 1.82) is 0 Å². The van der Waals surface area contributed by atoms with Crippen molar-refractivity contribution < 1.29 is 0 Å². The number of benzene rings is 1. The number of rotatable bonds is 2. The summed E-state index contributed by atoms with van der Waals surface area (Å²) in [4.78, 5) is 13.3. The Labute approximate surface area is 80.0 Å². The van der Waals surface area contributed by atoms with Crippen LogP contribution in [0.1, 0.15) is 11.4 Å². The standard InChI is InChI=1S/C9H10N4O/c10-7-3-1-2-6(4-7)5-8-11-9(14)13-12-8/h1-4H,5,10H2,(H2,11,12,13,14). The van der Waals surface area contributed by atoms with Gasteiger partial charge >= 0.3 is 5.69 Å². The van der Waals surface area contributed by atoms with E-state index in [0.717, 1.165) is 5.56 Å². The molecule has 2 aromatic rings. The zero-order chi connectivity index (χ0) is 9.97. The first kappa shape index (κ1) is 8.55. The van der Waals surface area contributed by atoms with Crippen molar-refractivity contribution in [1.82, 2.24) is 15.2 Å². The first-order valence-electron chi connectivity index (χ1n) is 4.22. The van der Waals surface area contributed by atoms with Gasteiger partial charge in [0, 0.05) is 12.1 Å². The summed E-state index contributed by atoms with van der Waals surface area (Å²) in [7, 11) is 0. The van der Waals surface area contributed by atoms with Crippen LogP contribution in [0.4, 0.5) is 5.69 Å². The minimum atomic E-state index is -0.288. The monoisotopic (exact) mass is 190 g/mol. The molecular formula is C9H10N4O. The average molecular weight is 190 g/mol. The smallest absolute Gasteiger partial charge is 0.340 e. The highest BCUT2D eigenvalue weighted by molar-refractivity contribution is 5.41. The Kier molecular flexibility index (Phi) is 2.06. The number of nitrogens with two attached hydrogens (primary N) is 1. The third-order valence-corrected chi connectivity index (χ3v) is 1.87. The number of H-pyrrole nitrogens is 2. The summed E-state index contributed by atoms with van der Waals surface area (Å²) < 4.78 is 0. The Hall–Kier alpha value is -2.04. The molecule has 0 spiro atoms. The van der Waals surface area contributed by atoms with Gasteiger partial charge in [-0.1, -0.05) is 12.1 Å². The molecule has 0 radical (unpaired) electrons. The summed E-state index contributed by atoms with van der Waals surface area (Å²) in [6.07, 6.45) is 0.573. The fourth-order valence-electron chi connectivity index (χ4n) is 1.29. The molecule has 1 aromatic carbocycles. The molecule has 0 atom stereocenters. The Bertz CT molecular complexity index is 485. The predicted octanol–water partition coefficient (Wildman–Crippen LogP) is 0.271. The second-order valence-corrected chi connectivity index (χ2v) is 3.05. The van der Waals surface area contributed by atoms with Gasteiger partial charge in [0.05, 0.1) is 0 Å². The number of nitrogen functional groups attached to an aromatic ring is 1. The maximum atomic E-state index is 10.7.